The van der Waals surface area contributed by atoms with E-state index in [-0.39, 0.29) is 16.9 Å². The molecule has 0 saturated carbocycles. The zero-order valence-corrected chi connectivity index (χ0v) is 12.2. The Kier molecular flexibility index (Phi) is 4.99. The summed E-state index contributed by atoms with van der Waals surface area (Å²) >= 11 is 5.81. The van der Waals surface area contributed by atoms with Gasteiger partial charge in [0.25, 0.3) is 0 Å². The maximum Gasteiger partial charge on any atom is 0.145 e. The summed E-state index contributed by atoms with van der Waals surface area (Å²) in [7, 11) is 3.49. The van der Waals surface area contributed by atoms with Crippen LogP contribution in [0.25, 0.3) is 0 Å². The van der Waals surface area contributed by atoms with Gasteiger partial charge in [0, 0.05) is 6.04 Å². The summed E-state index contributed by atoms with van der Waals surface area (Å²) in [5, 5.41) is 3.36. The Morgan fingerprint density at radius 1 is 1.20 bits per heavy atom. The average Bonchev–Trinajstić information content (AvgIpc) is 2.49. The number of nitrogens with one attached hydrogen (secondary N) is 1. The van der Waals surface area contributed by atoms with Crippen molar-refractivity contribution in [2.24, 2.45) is 0 Å². The molecule has 0 aliphatic carbocycles. The zero-order valence-electron chi connectivity index (χ0n) is 11.5. The Morgan fingerprint density at radius 2 is 1.90 bits per heavy atom. The molecule has 0 aliphatic rings. The summed E-state index contributed by atoms with van der Waals surface area (Å²) in [6.45, 7) is 0. The van der Waals surface area contributed by atoms with E-state index in [2.05, 4.69) is 5.32 Å². The number of hydrogen-bond donors (Lipinski definition) is 1. The minimum absolute atomic E-state index is 0.0221. The molecule has 0 saturated heterocycles. The molecule has 0 heterocycles. The molecule has 106 valence electrons. The molecule has 0 aromatic heterocycles. The second kappa shape index (κ2) is 6.73. The second-order valence-electron chi connectivity index (χ2n) is 4.53. The van der Waals surface area contributed by atoms with E-state index in [1.165, 1.54) is 0 Å². The lowest BCUT2D eigenvalue weighted by Crippen LogP contribution is -2.19. The molecule has 2 nitrogen and oxygen atoms in total. The smallest absolute Gasteiger partial charge is 0.145 e. The molecule has 2 aromatic rings. The predicted octanol–water partition coefficient (Wildman–Crippen LogP) is 3.99. The number of hydrogen-bond acceptors (Lipinski definition) is 2. The van der Waals surface area contributed by atoms with Crippen LogP contribution in [-0.2, 0) is 6.42 Å². The largest absolute Gasteiger partial charge is 0.497 e. The molecule has 1 unspecified atom stereocenters. The molecule has 20 heavy (non-hydrogen) atoms. The van der Waals surface area contributed by atoms with Gasteiger partial charge in [0.1, 0.15) is 11.6 Å². The summed E-state index contributed by atoms with van der Waals surface area (Å²) in [4.78, 5) is 0. The highest BCUT2D eigenvalue weighted by molar-refractivity contribution is 6.30. The van der Waals surface area contributed by atoms with Crippen molar-refractivity contribution in [3.8, 4) is 5.75 Å². The highest BCUT2D eigenvalue weighted by atomic mass is 35.5. The van der Waals surface area contributed by atoms with Crippen molar-refractivity contribution >= 4 is 11.6 Å². The molecule has 0 aliphatic heterocycles. The standard InChI is InChI=1S/C16H17ClFNO/c1-19-15(11-6-8-13(20-2)9-7-11)10-12-4-3-5-14(17)16(12)18/h3-9,15,19H,10H2,1-2H3. The van der Waals surface area contributed by atoms with Gasteiger partial charge in [-0.25, -0.2) is 4.39 Å². The minimum atomic E-state index is -0.345. The Bertz CT molecular complexity index is 571. The van der Waals surface area contributed by atoms with Crippen LogP contribution in [0.2, 0.25) is 5.02 Å². The monoisotopic (exact) mass is 293 g/mol. The number of methoxy groups -OCH3 is 1. The normalized spacial score (nSPS) is 12.2. The first-order valence-corrected chi connectivity index (χ1v) is 6.77. The number of ether oxygens (including phenoxy) is 1. The van der Waals surface area contributed by atoms with Crippen molar-refractivity contribution in [1.29, 1.82) is 0 Å². The van der Waals surface area contributed by atoms with Gasteiger partial charge in [0.15, 0.2) is 0 Å². The van der Waals surface area contributed by atoms with Gasteiger partial charge < -0.3 is 10.1 Å². The molecule has 1 atom stereocenters. The lowest BCUT2D eigenvalue weighted by atomic mass is 9.98. The summed E-state index contributed by atoms with van der Waals surface area (Å²) in [5.41, 5.74) is 1.68. The summed E-state index contributed by atoms with van der Waals surface area (Å²) < 4.78 is 19.1. The van der Waals surface area contributed by atoms with Crippen LogP contribution in [0.3, 0.4) is 0 Å². The Morgan fingerprint density at radius 3 is 2.50 bits per heavy atom. The Balaban J connectivity index is 2.21. The van der Waals surface area contributed by atoms with Gasteiger partial charge in [-0.1, -0.05) is 35.9 Å². The van der Waals surface area contributed by atoms with Crippen molar-refractivity contribution in [3.63, 3.8) is 0 Å². The van der Waals surface area contributed by atoms with Crippen LogP contribution in [0.15, 0.2) is 42.5 Å². The Hall–Kier alpha value is -1.58. The van der Waals surface area contributed by atoms with E-state index in [0.717, 1.165) is 11.3 Å². The maximum atomic E-state index is 14.0. The van der Waals surface area contributed by atoms with Crippen LogP contribution in [0.1, 0.15) is 17.2 Å². The van der Waals surface area contributed by atoms with Crippen molar-refractivity contribution < 1.29 is 9.13 Å². The molecule has 0 spiro atoms. The van der Waals surface area contributed by atoms with Crippen LogP contribution < -0.4 is 10.1 Å². The van der Waals surface area contributed by atoms with Crippen molar-refractivity contribution in [2.75, 3.05) is 14.2 Å². The van der Waals surface area contributed by atoms with E-state index in [0.29, 0.717) is 12.0 Å². The highest BCUT2D eigenvalue weighted by Gasteiger charge is 2.14. The summed E-state index contributed by atoms with van der Waals surface area (Å²) in [5.74, 6) is 0.459. The second-order valence-corrected chi connectivity index (χ2v) is 4.94. The fourth-order valence-corrected chi connectivity index (χ4v) is 2.34. The first kappa shape index (κ1) is 14.8. The first-order valence-electron chi connectivity index (χ1n) is 6.39. The molecular weight excluding hydrogens is 277 g/mol. The predicted molar refractivity (Wildman–Crippen MR) is 79.9 cm³/mol. The maximum absolute atomic E-state index is 14.0. The molecule has 0 radical (unpaired) electrons. The van der Waals surface area contributed by atoms with Crippen LogP contribution in [0.4, 0.5) is 4.39 Å². The van der Waals surface area contributed by atoms with E-state index in [1.54, 1.807) is 25.3 Å². The van der Waals surface area contributed by atoms with Gasteiger partial charge in [0.05, 0.1) is 12.1 Å². The molecular formula is C16H17ClFNO. The van der Waals surface area contributed by atoms with Gasteiger partial charge in [-0.3, -0.25) is 0 Å². The zero-order chi connectivity index (χ0) is 14.5. The molecule has 0 bridgehead atoms. The Labute approximate surface area is 123 Å². The van der Waals surface area contributed by atoms with E-state index in [4.69, 9.17) is 16.3 Å². The van der Waals surface area contributed by atoms with E-state index in [9.17, 15) is 4.39 Å². The molecule has 0 amide bonds. The third-order valence-corrected chi connectivity index (χ3v) is 3.61. The van der Waals surface area contributed by atoms with Gasteiger partial charge in [-0.2, -0.15) is 0 Å². The van der Waals surface area contributed by atoms with Crippen LogP contribution in [0, 0.1) is 5.82 Å². The SMILES string of the molecule is CNC(Cc1cccc(Cl)c1F)c1ccc(OC)cc1. The number of benzene rings is 2. The van der Waals surface area contributed by atoms with E-state index < -0.39 is 0 Å². The molecule has 2 rings (SSSR count). The number of likely N-dealkylation sites (N-methyl/N-ethyl adjacent to an activating group) is 1. The third kappa shape index (κ3) is 3.30. The van der Waals surface area contributed by atoms with Crippen molar-refractivity contribution in [1.82, 2.24) is 5.32 Å². The van der Waals surface area contributed by atoms with E-state index in [1.807, 2.05) is 31.3 Å². The van der Waals surface area contributed by atoms with Crippen molar-refractivity contribution in [3.05, 3.63) is 64.4 Å². The van der Waals surface area contributed by atoms with Crippen LogP contribution >= 0.6 is 11.6 Å². The summed E-state index contributed by atoms with van der Waals surface area (Å²) in [6.07, 6.45) is 0.537. The molecule has 4 heteroatoms. The number of halogens is 2. The van der Waals surface area contributed by atoms with Gasteiger partial charge in [0.2, 0.25) is 0 Å². The number of rotatable bonds is 5. The molecule has 2 aromatic carbocycles. The summed E-state index contributed by atoms with van der Waals surface area (Å²) in [6, 6.07) is 12.8. The minimum Gasteiger partial charge on any atom is -0.497 e. The first-order chi connectivity index (χ1) is 9.65. The quantitative estimate of drug-likeness (QED) is 0.900. The lowest BCUT2D eigenvalue weighted by Gasteiger charge is -2.17. The third-order valence-electron chi connectivity index (χ3n) is 3.32. The average molecular weight is 294 g/mol. The topological polar surface area (TPSA) is 21.3 Å². The lowest BCUT2D eigenvalue weighted by molar-refractivity contribution is 0.414. The molecule has 1 N–H and O–H groups in total. The van der Waals surface area contributed by atoms with Crippen molar-refractivity contribution in [2.45, 2.75) is 12.5 Å². The van der Waals surface area contributed by atoms with Crippen LogP contribution in [0.5, 0.6) is 5.75 Å². The van der Waals surface area contributed by atoms with Crippen LogP contribution in [-0.4, -0.2) is 14.2 Å². The van der Waals surface area contributed by atoms with Gasteiger partial charge in [-0.15, -0.1) is 0 Å². The molecule has 0 fully saturated rings. The fourth-order valence-electron chi connectivity index (χ4n) is 2.15. The van der Waals surface area contributed by atoms with Gasteiger partial charge >= 0.3 is 0 Å². The van der Waals surface area contributed by atoms with E-state index >= 15 is 0 Å². The highest BCUT2D eigenvalue weighted by Crippen LogP contribution is 2.25. The fraction of sp³-hybridized carbons (Fsp3) is 0.250. The van der Waals surface area contributed by atoms with Gasteiger partial charge in [-0.05, 0) is 42.8 Å².